The molecule has 2 rings (SSSR count). The predicted octanol–water partition coefficient (Wildman–Crippen LogP) is 0.111. The lowest BCUT2D eigenvalue weighted by Gasteiger charge is -2.04. The van der Waals surface area contributed by atoms with Crippen LogP contribution in [0.15, 0.2) is 30.3 Å². The summed E-state index contributed by atoms with van der Waals surface area (Å²) in [5, 5.41) is 13.8. The topological polar surface area (TPSA) is 99.8 Å². The van der Waals surface area contributed by atoms with E-state index in [2.05, 4.69) is 25.4 Å². The van der Waals surface area contributed by atoms with Crippen LogP contribution in [-0.2, 0) is 16.6 Å². The lowest BCUT2D eigenvalue weighted by atomic mass is 10.1. The summed E-state index contributed by atoms with van der Waals surface area (Å²) in [7, 11) is -1.78. The normalized spacial score (nSPS) is 11.7. The van der Waals surface area contributed by atoms with E-state index in [4.69, 9.17) is 0 Å². The number of nitrogens with zero attached hydrogens (tertiary/aromatic N) is 2. The van der Waals surface area contributed by atoms with E-state index in [9.17, 15) is 8.42 Å². The van der Waals surface area contributed by atoms with E-state index in [1.807, 2.05) is 30.3 Å². The van der Waals surface area contributed by atoms with Gasteiger partial charge in [0.25, 0.3) is 0 Å². The van der Waals surface area contributed by atoms with Gasteiger partial charge in [0.05, 0.1) is 5.75 Å². The Bertz CT molecular complexity index is 639. The number of H-pyrrole nitrogens is 1. The summed E-state index contributed by atoms with van der Waals surface area (Å²) in [5.41, 5.74) is 2.51. The van der Waals surface area contributed by atoms with Crippen molar-refractivity contribution in [3.8, 4) is 11.3 Å². The monoisotopic (exact) mass is 295 g/mol. The van der Waals surface area contributed by atoms with Crippen LogP contribution >= 0.6 is 0 Å². The molecule has 8 heteroatoms. The molecule has 3 N–H and O–H groups in total. The summed E-state index contributed by atoms with van der Waals surface area (Å²) in [5.74, 6) is 0.0298. The van der Waals surface area contributed by atoms with Gasteiger partial charge in [-0.25, -0.2) is 13.1 Å². The van der Waals surface area contributed by atoms with Gasteiger partial charge in [-0.05, 0) is 7.05 Å². The van der Waals surface area contributed by atoms with Crippen molar-refractivity contribution in [3.63, 3.8) is 0 Å². The Kier molecular flexibility index (Phi) is 4.83. The number of benzene rings is 1. The van der Waals surface area contributed by atoms with Gasteiger partial charge in [-0.2, -0.15) is 15.4 Å². The molecule has 0 atom stereocenters. The highest BCUT2D eigenvalue weighted by atomic mass is 32.2. The fourth-order valence-corrected chi connectivity index (χ4v) is 2.34. The van der Waals surface area contributed by atoms with Crippen LogP contribution in [-0.4, -0.2) is 43.2 Å². The van der Waals surface area contributed by atoms with Gasteiger partial charge in [0.1, 0.15) is 11.4 Å². The predicted molar refractivity (Wildman–Crippen MR) is 76.4 cm³/mol. The molecule has 108 valence electrons. The Balaban J connectivity index is 1.94. The third kappa shape index (κ3) is 3.86. The molecule has 0 bridgehead atoms. The lowest BCUT2D eigenvalue weighted by molar-refractivity contribution is 0.582. The van der Waals surface area contributed by atoms with Gasteiger partial charge in [-0.15, -0.1) is 0 Å². The van der Waals surface area contributed by atoms with Crippen LogP contribution in [0, 0.1) is 0 Å². The zero-order chi connectivity index (χ0) is 14.4. The van der Waals surface area contributed by atoms with Crippen molar-refractivity contribution in [2.45, 2.75) is 6.54 Å². The van der Waals surface area contributed by atoms with E-state index in [0.29, 0.717) is 13.1 Å². The van der Waals surface area contributed by atoms with Crippen molar-refractivity contribution in [1.82, 2.24) is 25.4 Å². The lowest BCUT2D eigenvalue weighted by Crippen LogP contribution is -2.29. The molecule has 0 unspecified atom stereocenters. The van der Waals surface area contributed by atoms with Crippen LogP contribution in [0.4, 0.5) is 0 Å². The quantitative estimate of drug-likeness (QED) is 0.630. The van der Waals surface area contributed by atoms with E-state index < -0.39 is 10.0 Å². The maximum absolute atomic E-state index is 11.3. The molecule has 2 aromatic rings. The van der Waals surface area contributed by atoms with E-state index in [1.54, 1.807) is 0 Å². The number of hydrogen-bond donors (Lipinski definition) is 3. The molecule has 7 nitrogen and oxygen atoms in total. The first-order valence-corrected chi connectivity index (χ1v) is 7.84. The second-order valence-electron chi connectivity index (χ2n) is 4.18. The molecule has 1 aromatic carbocycles. The zero-order valence-corrected chi connectivity index (χ0v) is 11.9. The second kappa shape index (κ2) is 6.60. The molecule has 0 saturated carbocycles. The molecule has 0 aliphatic heterocycles. The van der Waals surface area contributed by atoms with E-state index >= 15 is 0 Å². The van der Waals surface area contributed by atoms with Gasteiger partial charge in [-0.3, -0.25) is 0 Å². The fourth-order valence-electron chi connectivity index (χ4n) is 1.72. The van der Waals surface area contributed by atoms with Gasteiger partial charge < -0.3 is 5.32 Å². The molecule has 0 aliphatic rings. The first-order chi connectivity index (χ1) is 9.62. The standard InChI is InChI=1S/C12H17N5O2S/c1-13-20(18,19)8-7-14-9-11-12(16-17-15-11)10-5-3-2-4-6-10/h2-6,13-14H,7-9H2,1H3,(H,15,16,17). The highest BCUT2D eigenvalue weighted by Gasteiger charge is 2.10. The van der Waals surface area contributed by atoms with E-state index in [0.717, 1.165) is 17.0 Å². The molecule has 20 heavy (non-hydrogen) atoms. The Labute approximate surface area is 117 Å². The van der Waals surface area contributed by atoms with Crippen molar-refractivity contribution in [1.29, 1.82) is 0 Å². The Morgan fingerprint density at radius 1 is 1.20 bits per heavy atom. The Morgan fingerprint density at radius 3 is 2.65 bits per heavy atom. The van der Waals surface area contributed by atoms with Gasteiger partial charge in [0, 0.05) is 18.7 Å². The molecule has 1 aromatic heterocycles. The van der Waals surface area contributed by atoms with Crippen LogP contribution < -0.4 is 10.0 Å². The number of nitrogens with one attached hydrogen (secondary N) is 3. The first-order valence-electron chi connectivity index (χ1n) is 6.19. The second-order valence-corrected chi connectivity index (χ2v) is 6.23. The summed E-state index contributed by atoms with van der Waals surface area (Å²) in [4.78, 5) is 0. The van der Waals surface area contributed by atoms with Crippen LogP contribution in [0.3, 0.4) is 0 Å². The van der Waals surface area contributed by atoms with Crippen LogP contribution in [0.1, 0.15) is 5.69 Å². The van der Waals surface area contributed by atoms with Gasteiger partial charge >= 0.3 is 0 Å². The van der Waals surface area contributed by atoms with Gasteiger partial charge in [0.2, 0.25) is 10.0 Å². The maximum Gasteiger partial charge on any atom is 0.212 e. The molecule has 0 aliphatic carbocycles. The summed E-state index contributed by atoms with van der Waals surface area (Å²) < 4.78 is 24.8. The minimum atomic E-state index is -3.18. The molecular weight excluding hydrogens is 278 g/mol. The van der Waals surface area contributed by atoms with Crippen molar-refractivity contribution in [2.24, 2.45) is 0 Å². The van der Waals surface area contributed by atoms with Crippen molar-refractivity contribution < 1.29 is 8.42 Å². The molecule has 0 spiro atoms. The summed E-state index contributed by atoms with van der Waals surface area (Å²) in [6.07, 6.45) is 0. The van der Waals surface area contributed by atoms with Gasteiger partial charge in [-0.1, -0.05) is 30.3 Å². The number of rotatable bonds is 7. The Morgan fingerprint density at radius 2 is 1.95 bits per heavy atom. The minimum absolute atomic E-state index is 0.0298. The zero-order valence-electron chi connectivity index (χ0n) is 11.1. The van der Waals surface area contributed by atoms with Gasteiger partial charge in [0.15, 0.2) is 0 Å². The number of aromatic amines is 1. The van der Waals surface area contributed by atoms with Crippen molar-refractivity contribution >= 4 is 10.0 Å². The molecular formula is C12H17N5O2S. The number of sulfonamides is 1. The minimum Gasteiger partial charge on any atom is -0.310 e. The van der Waals surface area contributed by atoms with E-state index in [1.165, 1.54) is 7.05 Å². The third-order valence-electron chi connectivity index (χ3n) is 2.82. The van der Waals surface area contributed by atoms with Crippen molar-refractivity contribution in [3.05, 3.63) is 36.0 Å². The maximum atomic E-state index is 11.3. The SMILES string of the molecule is CNS(=O)(=O)CCNCc1n[nH]nc1-c1ccccc1. The highest BCUT2D eigenvalue weighted by Crippen LogP contribution is 2.18. The van der Waals surface area contributed by atoms with E-state index in [-0.39, 0.29) is 5.75 Å². The smallest absolute Gasteiger partial charge is 0.212 e. The van der Waals surface area contributed by atoms with Crippen LogP contribution in [0.25, 0.3) is 11.3 Å². The summed E-state index contributed by atoms with van der Waals surface area (Å²) in [6.45, 7) is 0.810. The molecule has 0 radical (unpaired) electrons. The van der Waals surface area contributed by atoms with Crippen LogP contribution in [0.2, 0.25) is 0 Å². The van der Waals surface area contributed by atoms with Crippen molar-refractivity contribution in [2.75, 3.05) is 19.3 Å². The average molecular weight is 295 g/mol. The average Bonchev–Trinajstić information content (AvgIpc) is 2.93. The summed E-state index contributed by atoms with van der Waals surface area (Å²) in [6, 6.07) is 9.70. The van der Waals surface area contributed by atoms with Crippen LogP contribution in [0.5, 0.6) is 0 Å². The molecule has 0 amide bonds. The molecule has 0 fully saturated rings. The Hall–Kier alpha value is -1.77. The number of aromatic nitrogens is 3. The largest absolute Gasteiger partial charge is 0.310 e. The summed E-state index contributed by atoms with van der Waals surface area (Å²) >= 11 is 0. The molecule has 0 saturated heterocycles. The third-order valence-corrected chi connectivity index (χ3v) is 4.18. The number of hydrogen-bond acceptors (Lipinski definition) is 5. The first kappa shape index (κ1) is 14.6. The highest BCUT2D eigenvalue weighted by molar-refractivity contribution is 7.89. The fraction of sp³-hybridized carbons (Fsp3) is 0.333. The molecule has 1 heterocycles.